The van der Waals surface area contributed by atoms with Gasteiger partial charge in [-0.3, -0.25) is 0 Å². The highest BCUT2D eigenvalue weighted by molar-refractivity contribution is 5.44. The number of aryl methyl sites for hydroxylation is 1. The summed E-state index contributed by atoms with van der Waals surface area (Å²) in [5.74, 6) is 1.86. The Bertz CT molecular complexity index is 413. The molecule has 1 aliphatic rings. The molecule has 0 atom stereocenters. The number of likely N-dealkylation sites (N-methyl/N-ethyl adjacent to an activating group) is 1. The SMILES string of the molecule is CCCNc1cc(CCC)nc(N2CCN(C)CC2)n1. The van der Waals surface area contributed by atoms with Crippen molar-refractivity contribution in [2.75, 3.05) is 50.0 Å². The highest BCUT2D eigenvalue weighted by Crippen LogP contribution is 2.16. The van der Waals surface area contributed by atoms with Crippen LogP contribution in [-0.2, 0) is 6.42 Å². The monoisotopic (exact) mass is 277 g/mol. The lowest BCUT2D eigenvalue weighted by Crippen LogP contribution is -2.45. The predicted molar refractivity (Wildman–Crippen MR) is 84.5 cm³/mol. The highest BCUT2D eigenvalue weighted by atomic mass is 15.3. The Hall–Kier alpha value is -1.36. The van der Waals surface area contributed by atoms with Crippen molar-refractivity contribution in [3.8, 4) is 0 Å². The van der Waals surface area contributed by atoms with Gasteiger partial charge in [0.2, 0.25) is 5.95 Å². The summed E-state index contributed by atoms with van der Waals surface area (Å²) >= 11 is 0. The van der Waals surface area contributed by atoms with E-state index in [0.29, 0.717) is 0 Å². The van der Waals surface area contributed by atoms with E-state index in [1.807, 2.05) is 0 Å². The number of nitrogens with zero attached hydrogens (tertiary/aromatic N) is 4. The normalized spacial score (nSPS) is 16.4. The summed E-state index contributed by atoms with van der Waals surface area (Å²) in [5.41, 5.74) is 1.15. The van der Waals surface area contributed by atoms with Crippen molar-refractivity contribution in [2.45, 2.75) is 33.1 Å². The van der Waals surface area contributed by atoms with Crippen LogP contribution < -0.4 is 10.2 Å². The average Bonchev–Trinajstić information content (AvgIpc) is 2.46. The minimum atomic E-state index is 0.891. The Morgan fingerprint density at radius 2 is 1.85 bits per heavy atom. The van der Waals surface area contributed by atoms with E-state index in [0.717, 1.165) is 69.4 Å². The minimum Gasteiger partial charge on any atom is -0.370 e. The molecule has 112 valence electrons. The number of nitrogens with one attached hydrogen (secondary N) is 1. The smallest absolute Gasteiger partial charge is 0.227 e. The zero-order valence-electron chi connectivity index (χ0n) is 13.0. The van der Waals surface area contributed by atoms with Gasteiger partial charge >= 0.3 is 0 Å². The predicted octanol–water partition coefficient (Wildman–Crippen LogP) is 2.00. The first-order chi connectivity index (χ1) is 9.72. The molecule has 1 aromatic heterocycles. The second-order valence-corrected chi connectivity index (χ2v) is 5.51. The molecule has 1 aromatic rings. The van der Waals surface area contributed by atoms with Crippen molar-refractivity contribution in [1.29, 1.82) is 0 Å². The van der Waals surface area contributed by atoms with E-state index in [2.05, 4.69) is 47.1 Å². The molecule has 1 aliphatic heterocycles. The van der Waals surface area contributed by atoms with E-state index < -0.39 is 0 Å². The number of hydrogen-bond donors (Lipinski definition) is 1. The molecule has 2 rings (SSSR count). The molecule has 0 saturated carbocycles. The van der Waals surface area contributed by atoms with Crippen LogP contribution in [0.3, 0.4) is 0 Å². The van der Waals surface area contributed by atoms with Gasteiger partial charge in [-0.25, -0.2) is 4.98 Å². The van der Waals surface area contributed by atoms with Crippen LogP contribution in [0.25, 0.3) is 0 Å². The topological polar surface area (TPSA) is 44.3 Å². The molecule has 5 heteroatoms. The first kappa shape index (κ1) is 15.0. The molecule has 2 heterocycles. The zero-order chi connectivity index (χ0) is 14.4. The van der Waals surface area contributed by atoms with Gasteiger partial charge in [-0.15, -0.1) is 0 Å². The third kappa shape index (κ3) is 4.07. The summed E-state index contributed by atoms with van der Waals surface area (Å²) in [6.45, 7) is 9.51. The summed E-state index contributed by atoms with van der Waals surface area (Å²) in [4.78, 5) is 14.1. The summed E-state index contributed by atoms with van der Waals surface area (Å²) in [5, 5.41) is 3.39. The Balaban J connectivity index is 2.15. The van der Waals surface area contributed by atoms with Crippen LogP contribution in [0.15, 0.2) is 6.07 Å². The molecular formula is C15H27N5. The molecular weight excluding hydrogens is 250 g/mol. The first-order valence-electron chi connectivity index (χ1n) is 7.78. The van der Waals surface area contributed by atoms with Gasteiger partial charge in [0.05, 0.1) is 0 Å². The van der Waals surface area contributed by atoms with E-state index >= 15 is 0 Å². The van der Waals surface area contributed by atoms with Crippen LogP contribution in [0.2, 0.25) is 0 Å². The molecule has 0 unspecified atom stereocenters. The van der Waals surface area contributed by atoms with E-state index in [9.17, 15) is 0 Å². The van der Waals surface area contributed by atoms with Gasteiger partial charge in [0.25, 0.3) is 0 Å². The van der Waals surface area contributed by atoms with E-state index in [4.69, 9.17) is 4.98 Å². The van der Waals surface area contributed by atoms with Crippen LogP contribution >= 0.6 is 0 Å². The fraction of sp³-hybridized carbons (Fsp3) is 0.733. The van der Waals surface area contributed by atoms with Crippen molar-refractivity contribution in [2.24, 2.45) is 0 Å². The molecule has 0 amide bonds. The summed E-state index contributed by atoms with van der Waals surface area (Å²) < 4.78 is 0. The van der Waals surface area contributed by atoms with Gasteiger partial charge in [0, 0.05) is 44.5 Å². The molecule has 0 aromatic carbocycles. The Morgan fingerprint density at radius 3 is 2.50 bits per heavy atom. The largest absolute Gasteiger partial charge is 0.370 e. The van der Waals surface area contributed by atoms with Crippen LogP contribution in [-0.4, -0.2) is 54.6 Å². The standard InChI is InChI=1S/C15H27N5/c1-4-6-13-12-14(16-7-5-2)18-15(17-13)20-10-8-19(3)9-11-20/h12H,4-11H2,1-3H3,(H,16,17,18). The third-order valence-electron chi connectivity index (χ3n) is 3.62. The van der Waals surface area contributed by atoms with Gasteiger partial charge in [-0.2, -0.15) is 4.98 Å². The molecule has 5 nitrogen and oxygen atoms in total. The fourth-order valence-electron chi connectivity index (χ4n) is 2.36. The zero-order valence-corrected chi connectivity index (χ0v) is 13.0. The highest BCUT2D eigenvalue weighted by Gasteiger charge is 2.17. The Labute approximate surface area is 122 Å². The summed E-state index contributed by atoms with van der Waals surface area (Å²) in [6.07, 6.45) is 3.24. The second-order valence-electron chi connectivity index (χ2n) is 5.51. The number of piperazine rings is 1. The van der Waals surface area contributed by atoms with Gasteiger partial charge in [0.1, 0.15) is 5.82 Å². The molecule has 0 radical (unpaired) electrons. The van der Waals surface area contributed by atoms with Crippen LogP contribution in [0.5, 0.6) is 0 Å². The first-order valence-corrected chi connectivity index (χ1v) is 7.78. The lowest BCUT2D eigenvalue weighted by Gasteiger charge is -2.32. The average molecular weight is 277 g/mol. The lowest BCUT2D eigenvalue weighted by molar-refractivity contribution is 0.311. The summed E-state index contributed by atoms with van der Waals surface area (Å²) in [7, 11) is 2.17. The van der Waals surface area contributed by atoms with Crippen LogP contribution in [0.4, 0.5) is 11.8 Å². The maximum atomic E-state index is 4.74. The van der Waals surface area contributed by atoms with E-state index in [-0.39, 0.29) is 0 Å². The van der Waals surface area contributed by atoms with Crippen molar-refractivity contribution in [1.82, 2.24) is 14.9 Å². The van der Waals surface area contributed by atoms with Gasteiger partial charge in [-0.05, 0) is 19.9 Å². The maximum Gasteiger partial charge on any atom is 0.227 e. The number of anilines is 2. The third-order valence-corrected chi connectivity index (χ3v) is 3.62. The number of rotatable bonds is 6. The molecule has 0 bridgehead atoms. The van der Waals surface area contributed by atoms with Gasteiger partial charge in [0.15, 0.2) is 0 Å². The quantitative estimate of drug-likeness (QED) is 0.861. The van der Waals surface area contributed by atoms with Gasteiger partial charge in [-0.1, -0.05) is 20.3 Å². The van der Waals surface area contributed by atoms with Crippen LogP contribution in [0, 0.1) is 0 Å². The number of hydrogen-bond acceptors (Lipinski definition) is 5. The van der Waals surface area contributed by atoms with Crippen molar-refractivity contribution >= 4 is 11.8 Å². The van der Waals surface area contributed by atoms with Crippen molar-refractivity contribution < 1.29 is 0 Å². The fourth-order valence-corrected chi connectivity index (χ4v) is 2.36. The molecule has 20 heavy (non-hydrogen) atoms. The Morgan fingerprint density at radius 1 is 1.10 bits per heavy atom. The Kier molecular flexibility index (Phi) is 5.59. The van der Waals surface area contributed by atoms with Crippen LogP contribution in [0.1, 0.15) is 32.4 Å². The summed E-state index contributed by atoms with van der Waals surface area (Å²) in [6, 6.07) is 2.10. The second kappa shape index (κ2) is 7.43. The molecule has 1 fully saturated rings. The molecule has 1 N–H and O–H groups in total. The van der Waals surface area contributed by atoms with E-state index in [1.54, 1.807) is 0 Å². The van der Waals surface area contributed by atoms with Crippen molar-refractivity contribution in [3.63, 3.8) is 0 Å². The van der Waals surface area contributed by atoms with Crippen molar-refractivity contribution in [3.05, 3.63) is 11.8 Å². The minimum absolute atomic E-state index is 0.891. The molecule has 0 aliphatic carbocycles. The maximum absolute atomic E-state index is 4.74. The lowest BCUT2D eigenvalue weighted by atomic mass is 10.2. The van der Waals surface area contributed by atoms with E-state index in [1.165, 1.54) is 0 Å². The molecule has 0 spiro atoms. The molecule has 1 saturated heterocycles. The van der Waals surface area contributed by atoms with Gasteiger partial charge < -0.3 is 15.1 Å². The number of aromatic nitrogens is 2.